The highest BCUT2D eigenvalue weighted by atomic mass is 16.5. The lowest BCUT2D eigenvalue weighted by Gasteiger charge is -2.18. The van der Waals surface area contributed by atoms with E-state index in [1.54, 1.807) is 7.11 Å². The Hall–Kier alpha value is -2.59. The highest BCUT2D eigenvalue weighted by Crippen LogP contribution is 2.16. The molecule has 0 fully saturated rings. The van der Waals surface area contributed by atoms with Crippen LogP contribution in [0.2, 0.25) is 0 Å². The van der Waals surface area contributed by atoms with Gasteiger partial charge in [0.2, 0.25) is 5.91 Å². The fourth-order valence-electron chi connectivity index (χ4n) is 2.31. The van der Waals surface area contributed by atoms with E-state index in [0.29, 0.717) is 6.54 Å². The van der Waals surface area contributed by atoms with Crippen LogP contribution in [0.4, 0.5) is 5.69 Å². The van der Waals surface area contributed by atoms with Crippen molar-refractivity contribution in [3.8, 4) is 5.75 Å². The van der Waals surface area contributed by atoms with E-state index < -0.39 is 0 Å². The lowest BCUT2D eigenvalue weighted by molar-refractivity contribution is -0.117. The van der Waals surface area contributed by atoms with E-state index in [0.717, 1.165) is 30.1 Å². The molecule has 0 saturated carbocycles. The van der Waals surface area contributed by atoms with Gasteiger partial charge in [0.05, 0.1) is 13.7 Å². The summed E-state index contributed by atoms with van der Waals surface area (Å²) in [5.41, 5.74) is 1.91. The largest absolute Gasteiger partial charge is 0.497 e. The Morgan fingerprint density at radius 3 is 2.67 bits per heavy atom. The number of amides is 1. The second-order valence-electron chi connectivity index (χ2n) is 5.42. The van der Waals surface area contributed by atoms with Crippen LogP contribution in [0.15, 0.2) is 60.7 Å². The molecule has 4 nitrogen and oxygen atoms in total. The van der Waals surface area contributed by atoms with E-state index >= 15 is 0 Å². The van der Waals surface area contributed by atoms with E-state index in [1.807, 2.05) is 42.5 Å². The molecular weight excluding hydrogens is 300 g/mol. The monoisotopic (exact) mass is 324 g/mol. The summed E-state index contributed by atoms with van der Waals surface area (Å²) in [6, 6.07) is 17.5. The molecule has 1 N–H and O–H groups in total. The Labute approximate surface area is 143 Å². The zero-order valence-corrected chi connectivity index (χ0v) is 14.2. The topological polar surface area (TPSA) is 41.6 Å². The summed E-state index contributed by atoms with van der Waals surface area (Å²) in [5, 5.41) is 2.90. The Kier molecular flexibility index (Phi) is 7.05. The average molecular weight is 324 g/mol. The molecule has 0 bridgehead atoms. The van der Waals surface area contributed by atoms with Gasteiger partial charge >= 0.3 is 0 Å². The number of nitrogens with one attached hydrogen (secondary N) is 1. The number of benzene rings is 2. The van der Waals surface area contributed by atoms with Crippen LogP contribution in [-0.2, 0) is 4.79 Å². The van der Waals surface area contributed by atoms with Gasteiger partial charge in [-0.1, -0.05) is 55.5 Å². The zero-order chi connectivity index (χ0) is 17.2. The molecule has 1 amide bonds. The maximum absolute atomic E-state index is 12.2. The second-order valence-corrected chi connectivity index (χ2v) is 5.42. The highest BCUT2D eigenvalue weighted by molar-refractivity contribution is 5.92. The Morgan fingerprint density at radius 2 is 1.96 bits per heavy atom. The molecule has 0 heterocycles. The molecule has 0 unspecified atom stereocenters. The number of hydrogen-bond donors (Lipinski definition) is 1. The summed E-state index contributed by atoms with van der Waals surface area (Å²) >= 11 is 0. The summed E-state index contributed by atoms with van der Waals surface area (Å²) in [6.07, 6.45) is 4.15. The van der Waals surface area contributed by atoms with Crippen LogP contribution in [0, 0.1) is 0 Å². The molecule has 0 spiro atoms. The van der Waals surface area contributed by atoms with Crippen molar-refractivity contribution in [3.63, 3.8) is 0 Å². The predicted molar refractivity (Wildman–Crippen MR) is 99.2 cm³/mol. The minimum atomic E-state index is -0.0294. The first kappa shape index (κ1) is 17.8. The van der Waals surface area contributed by atoms with Crippen molar-refractivity contribution in [2.75, 3.05) is 32.1 Å². The third-order valence-electron chi connectivity index (χ3n) is 3.64. The molecule has 126 valence electrons. The lowest BCUT2D eigenvalue weighted by Crippen LogP contribution is -2.33. The van der Waals surface area contributed by atoms with E-state index in [9.17, 15) is 4.79 Å². The van der Waals surface area contributed by atoms with Gasteiger partial charge in [-0.25, -0.2) is 0 Å². The van der Waals surface area contributed by atoms with Crippen LogP contribution in [0.25, 0.3) is 6.08 Å². The maximum atomic E-state index is 12.2. The maximum Gasteiger partial charge on any atom is 0.238 e. The summed E-state index contributed by atoms with van der Waals surface area (Å²) in [5.74, 6) is 0.698. The van der Waals surface area contributed by atoms with Crippen LogP contribution < -0.4 is 10.1 Å². The molecule has 2 aromatic rings. The number of methoxy groups -OCH3 is 1. The number of rotatable bonds is 8. The van der Waals surface area contributed by atoms with Gasteiger partial charge < -0.3 is 10.1 Å². The van der Waals surface area contributed by atoms with Gasteiger partial charge in [-0.3, -0.25) is 9.69 Å². The van der Waals surface area contributed by atoms with Crippen molar-refractivity contribution in [1.29, 1.82) is 0 Å². The molecule has 24 heavy (non-hydrogen) atoms. The number of anilines is 1. The van der Waals surface area contributed by atoms with Crippen molar-refractivity contribution < 1.29 is 9.53 Å². The van der Waals surface area contributed by atoms with Crippen molar-refractivity contribution >= 4 is 17.7 Å². The van der Waals surface area contributed by atoms with E-state index in [2.05, 4.69) is 41.4 Å². The average Bonchev–Trinajstić information content (AvgIpc) is 2.62. The summed E-state index contributed by atoms with van der Waals surface area (Å²) < 4.78 is 5.16. The van der Waals surface area contributed by atoms with Crippen LogP contribution in [0.1, 0.15) is 12.5 Å². The highest BCUT2D eigenvalue weighted by Gasteiger charge is 2.08. The van der Waals surface area contributed by atoms with Gasteiger partial charge in [0, 0.05) is 18.3 Å². The van der Waals surface area contributed by atoms with E-state index in [-0.39, 0.29) is 5.91 Å². The molecule has 0 atom stereocenters. The standard InChI is InChI=1S/C20H24N2O2/c1-3-22(14-8-11-17-9-5-4-6-10-17)16-20(23)21-18-12-7-13-19(15-18)24-2/h4-13,15H,3,14,16H2,1-2H3,(H,21,23)/b11-8+. The van der Waals surface area contributed by atoms with E-state index in [4.69, 9.17) is 4.74 Å². The first-order valence-corrected chi connectivity index (χ1v) is 8.09. The third-order valence-corrected chi connectivity index (χ3v) is 3.64. The molecule has 4 heteroatoms. The molecule has 2 aromatic carbocycles. The quantitative estimate of drug-likeness (QED) is 0.805. The number of likely N-dealkylation sites (N-methyl/N-ethyl adjacent to an activating group) is 1. The minimum Gasteiger partial charge on any atom is -0.497 e. The number of nitrogens with zero attached hydrogens (tertiary/aromatic N) is 1. The fourth-order valence-corrected chi connectivity index (χ4v) is 2.31. The van der Waals surface area contributed by atoms with Crippen LogP contribution in [-0.4, -0.2) is 37.6 Å². The molecule has 0 aliphatic carbocycles. The SMILES string of the molecule is CCN(C/C=C/c1ccccc1)CC(=O)Nc1cccc(OC)c1. The van der Waals surface area contributed by atoms with Crippen LogP contribution >= 0.6 is 0 Å². The molecular formula is C20H24N2O2. The van der Waals surface area contributed by atoms with Crippen molar-refractivity contribution in [2.45, 2.75) is 6.92 Å². The molecule has 0 aliphatic rings. The van der Waals surface area contributed by atoms with Crippen molar-refractivity contribution in [3.05, 3.63) is 66.2 Å². The summed E-state index contributed by atoms with van der Waals surface area (Å²) in [7, 11) is 1.61. The van der Waals surface area contributed by atoms with Gasteiger partial charge in [0.15, 0.2) is 0 Å². The Bertz CT molecular complexity index is 668. The second kappa shape index (κ2) is 9.53. The Morgan fingerprint density at radius 1 is 1.17 bits per heavy atom. The Balaban J connectivity index is 1.85. The first-order valence-electron chi connectivity index (χ1n) is 8.09. The van der Waals surface area contributed by atoms with Gasteiger partial charge in [-0.2, -0.15) is 0 Å². The van der Waals surface area contributed by atoms with Crippen molar-refractivity contribution in [1.82, 2.24) is 4.90 Å². The number of hydrogen-bond acceptors (Lipinski definition) is 3. The molecule has 0 saturated heterocycles. The van der Waals surface area contributed by atoms with Gasteiger partial charge in [0.25, 0.3) is 0 Å². The van der Waals surface area contributed by atoms with Gasteiger partial charge in [-0.15, -0.1) is 0 Å². The number of carbonyl (C=O) groups is 1. The first-order chi connectivity index (χ1) is 11.7. The minimum absolute atomic E-state index is 0.0294. The lowest BCUT2D eigenvalue weighted by atomic mass is 10.2. The normalized spacial score (nSPS) is 11.0. The fraction of sp³-hybridized carbons (Fsp3) is 0.250. The van der Waals surface area contributed by atoms with Gasteiger partial charge in [-0.05, 0) is 24.2 Å². The van der Waals surface area contributed by atoms with Crippen molar-refractivity contribution in [2.24, 2.45) is 0 Å². The molecule has 0 aliphatic heterocycles. The predicted octanol–water partition coefficient (Wildman–Crippen LogP) is 3.67. The van der Waals surface area contributed by atoms with Crippen LogP contribution in [0.3, 0.4) is 0 Å². The van der Waals surface area contributed by atoms with Crippen LogP contribution in [0.5, 0.6) is 5.75 Å². The molecule has 0 aromatic heterocycles. The third kappa shape index (κ3) is 5.89. The smallest absolute Gasteiger partial charge is 0.238 e. The van der Waals surface area contributed by atoms with Gasteiger partial charge in [0.1, 0.15) is 5.75 Å². The number of ether oxygens (including phenoxy) is 1. The summed E-state index contributed by atoms with van der Waals surface area (Å²) in [6.45, 7) is 3.95. The zero-order valence-electron chi connectivity index (χ0n) is 14.2. The van der Waals surface area contributed by atoms with E-state index in [1.165, 1.54) is 0 Å². The summed E-state index contributed by atoms with van der Waals surface area (Å²) in [4.78, 5) is 14.3. The molecule has 2 rings (SSSR count). The number of carbonyl (C=O) groups excluding carboxylic acids is 1. The molecule has 0 radical (unpaired) electrons.